The summed E-state index contributed by atoms with van der Waals surface area (Å²) in [5.74, 6) is -5.72. The van der Waals surface area contributed by atoms with E-state index in [1.165, 1.54) is 32.6 Å². The average molecular weight is 860 g/mol. The summed E-state index contributed by atoms with van der Waals surface area (Å²) >= 11 is 5.62. The number of hydrogen-bond donors (Lipinski definition) is 2. The van der Waals surface area contributed by atoms with Gasteiger partial charge < -0.3 is 24.3 Å². The first-order chi connectivity index (χ1) is 27.1. The van der Waals surface area contributed by atoms with E-state index in [0.29, 0.717) is 17.2 Å². The molecule has 3 aromatic carbocycles. The second-order valence-corrected chi connectivity index (χ2v) is 11.2. The van der Waals surface area contributed by atoms with Crippen LogP contribution in [0.2, 0.25) is 5.02 Å². The Hall–Kier alpha value is -6.16. The Labute approximate surface area is 324 Å². The number of esters is 1. The van der Waals surface area contributed by atoms with Gasteiger partial charge in [-0.25, -0.2) is 32.5 Å². The molecule has 4 rings (SSSR count). The summed E-state index contributed by atoms with van der Waals surface area (Å²) in [6.45, 7) is -0.0947. The minimum absolute atomic E-state index is 0.0947. The Balaban J connectivity index is 0.000000317. The standard InChI is InChI=1S/C18H16F3NO4.C17H9ClF8N2O4/c1-24-11-14(17(23)25-2)13-7-4-3-6-12(13)10-26-16-9-5-8-15(22-16)18(19,20)21;18-8-6-7(4-5-11(8)31-16(22,23)14(21)32-17(24,25)26)27-15(30)28-13(29)12-9(19)2-1-3-10(12)20/h3-9,11H,10H2,1-2H3;1-6,14H,(H2,27,28,29,30)/b14-11+;. The van der Waals surface area contributed by atoms with Crippen molar-refractivity contribution in [2.45, 2.75) is 31.6 Å². The van der Waals surface area contributed by atoms with Crippen LogP contribution in [0.25, 0.3) is 5.57 Å². The van der Waals surface area contributed by atoms with Crippen LogP contribution >= 0.6 is 11.6 Å². The molecule has 1 aromatic heterocycles. The third-order valence-electron chi connectivity index (χ3n) is 6.69. The van der Waals surface area contributed by atoms with Crippen LogP contribution in [-0.4, -0.2) is 55.9 Å². The number of pyridine rings is 1. The Kier molecular flexibility index (Phi) is 15.8. The van der Waals surface area contributed by atoms with Crippen molar-refractivity contribution < 1.29 is 86.4 Å². The van der Waals surface area contributed by atoms with Crippen LogP contribution in [0.15, 0.2) is 85.1 Å². The number of imide groups is 1. The fourth-order valence-corrected chi connectivity index (χ4v) is 4.47. The molecule has 4 aromatic rings. The number of aromatic nitrogens is 1. The van der Waals surface area contributed by atoms with Gasteiger partial charge in [0, 0.05) is 11.8 Å². The highest BCUT2D eigenvalue weighted by atomic mass is 35.5. The number of alkyl halides is 9. The number of ether oxygens (including phenoxy) is 5. The Morgan fingerprint density at radius 2 is 1.50 bits per heavy atom. The molecule has 58 heavy (non-hydrogen) atoms. The van der Waals surface area contributed by atoms with Gasteiger partial charge in [-0.15, -0.1) is 13.2 Å². The molecule has 3 amide bonds. The second-order valence-electron chi connectivity index (χ2n) is 10.8. The molecule has 0 fully saturated rings. The van der Waals surface area contributed by atoms with Crippen molar-refractivity contribution in [2.24, 2.45) is 0 Å². The Morgan fingerprint density at radius 1 is 0.862 bits per heavy atom. The van der Waals surface area contributed by atoms with E-state index < -0.39 is 76.6 Å². The highest BCUT2D eigenvalue weighted by Gasteiger charge is 2.51. The number of methoxy groups -OCH3 is 2. The van der Waals surface area contributed by atoms with E-state index in [2.05, 4.69) is 14.5 Å². The lowest BCUT2D eigenvalue weighted by atomic mass is 10.0. The zero-order valence-electron chi connectivity index (χ0n) is 29.1. The van der Waals surface area contributed by atoms with Gasteiger partial charge in [0.15, 0.2) is 0 Å². The normalized spacial score (nSPS) is 12.3. The fraction of sp³-hybridized carbons (Fsp3) is 0.200. The first-order valence-corrected chi connectivity index (χ1v) is 15.8. The molecule has 0 aliphatic heterocycles. The lowest BCUT2D eigenvalue weighted by molar-refractivity contribution is -0.411. The largest absolute Gasteiger partial charge is 0.525 e. The predicted octanol–water partition coefficient (Wildman–Crippen LogP) is 9.22. The molecule has 0 radical (unpaired) electrons. The minimum Gasteiger partial charge on any atom is -0.503 e. The zero-order chi connectivity index (χ0) is 43.4. The van der Waals surface area contributed by atoms with Crippen LogP contribution in [0.3, 0.4) is 0 Å². The molecule has 0 saturated heterocycles. The number of anilines is 1. The topological polar surface area (TPSA) is 134 Å². The summed E-state index contributed by atoms with van der Waals surface area (Å²) in [6.07, 6.45) is -18.3. The summed E-state index contributed by atoms with van der Waals surface area (Å²) in [5, 5.41) is 2.86. The van der Waals surface area contributed by atoms with Gasteiger partial charge in [0.2, 0.25) is 5.88 Å². The number of urea groups is 1. The molecule has 0 saturated carbocycles. The van der Waals surface area contributed by atoms with Crippen LogP contribution in [0, 0.1) is 11.6 Å². The minimum atomic E-state index is -5.71. The average Bonchev–Trinajstić information content (AvgIpc) is 3.13. The number of amides is 3. The molecule has 312 valence electrons. The van der Waals surface area contributed by atoms with E-state index in [1.54, 1.807) is 29.6 Å². The monoisotopic (exact) mass is 859 g/mol. The number of hydrogen-bond acceptors (Lipinski definition) is 9. The molecule has 1 heterocycles. The van der Waals surface area contributed by atoms with Crippen molar-refractivity contribution in [3.63, 3.8) is 0 Å². The third kappa shape index (κ3) is 13.5. The van der Waals surface area contributed by atoms with Crippen LogP contribution in [0.4, 0.5) is 58.8 Å². The Morgan fingerprint density at radius 3 is 2.09 bits per heavy atom. The summed E-state index contributed by atoms with van der Waals surface area (Å²) < 4.78 is 162. The molecule has 1 atom stereocenters. The molecule has 0 aliphatic carbocycles. The molecule has 2 N–H and O–H groups in total. The van der Waals surface area contributed by atoms with E-state index in [4.69, 9.17) is 25.8 Å². The van der Waals surface area contributed by atoms with Gasteiger partial charge in [0.1, 0.15) is 40.8 Å². The van der Waals surface area contributed by atoms with Crippen LogP contribution in [-0.2, 0) is 31.8 Å². The molecular formula is C35H25ClF11N3O8. The molecule has 0 spiro atoms. The molecule has 0 aliphatic rings. The van der Waals surface area contributed by atoms with E-state index in [9.17, 15) is 62.7 Å². The smallest absolute Gasteiger partial charge is 0.503 e. The first-order valence-electron chi connectivity index (χ1n) is 15.4. The quantitative estimate of drug-likeness (QED) is 0.0619. The highest BCUT2D eigenvalue weighted by Crippen LogP contribution is 2.36. The van der Waals surface area contributed by atoms with E-state index in [0.717, 1.165) is 36.4 Å². The molecular weight excluding hydrogens is 835 g/mol. The molecule has 11 nitrogen and oxygen atoms in total. The van der Waals surface area contributed by atoms with Gasteiger partial charge in [0.25, 0.3) is 5.91 Å². The van der Waals surface area contributed by atoms with Gasteiger partial charge >= 0.3 is 37.0 Å². The summed E-state index contributed by atoms with van der Waals surface area (Å²) in [5.41, 5.74) is -1.17. The number of rotatable bonds is 12. The molecule has 23 heteroatoms. The number of halogens is 12. The lowest BCUT2D eigenvalue weighted by Gasteiger charge is -2.22. The Bertz CT molecular complexity index is 2100. The number of carbonyl (C=O) groups is 3. The first kappa shape index (κ1) is 46.2. The summed E-state index contributed by atoms with van der Waals surface area (Å²) in [4.78, 5) is 39.0. The maximum Gasteiger partial charge on any atom is 0.525 e. The van der Waals surface area contributed by atoms with E-state index >= 15 is 0 Å². The van der Waals surface area contributed by atoms with Crippen molar-refractivity contribution in [1.82, 2.24) is 10.3 Å². The SMILES string of the molecule is CO/C=C(/C(=O)OC)c1ccccc1COc1cccc(C(F)(F)F)n1.O=C(NC(=O)c1c(F)cccc1F)Nc1ccc(OC(F)(F)C(F)OC(F)(F)F)c(Cl)c1. The van der Waals surface area contributed by atoms with Crippen LogP contribution in [0.5, 0.6) is 11.6 Å². The fourth-order valence-electron chi connectivity index (χ4n) is 4.25. The summed E-state index contributed by atoms with van der Waals surface area (Å²) in [6, 6.07) is 13.6. The van der Waals surface area contributed by atoms with Crippen molar-refractivity contribution in [3.8, 4) is 11.6 Å². The van der Waals surface area contributed by atoms with Gasteiger partial charge in [-0.1, -0.05) is 48.0 Å². The van der Waals surface area contributed by atoms with Gasteiger partial charge in [-0.05, 0) is 47.5 Å². The number of carbonyl (C=O) groups excluding carboxylic acids is 3. The van der Waals surface area contributed by atoms with Crippen LogP contribution in [0.1, 0.15) is 27.2 Å². The maximum absolute atomic E-state index is 13.5. The summed E-state index contributed by atoms with van der Waals surface area (Å²) in [7, 11) is 2.62. The second kappa shape index (κ2) is 19.8. The van der Waals surface area contributed by atoms with Crippen molar-refractivity contribution in [2.75, 3.05) is 19.5 Å². The number of nitrogens with one attached hydrogen (secondary N) is 2. The molecule has 0 bridgehead atoms. The lowest BCUT2D eigenvalue weighted by Crippen LogP contribution is -2.41. The number of benzene rings is 3. The van der Waals surface area contributed by atoms with Gasteiger partial charge in [0.05, 0.1) is 25.5 Å². The zero-order valence-corrected chi connectivity index (χ0v) is 29.9. The van der Waals surface area contributed by atoms with Crippen LogP contribution < -0.4 is 20.1 Å². The van der Waals surface area contributed by atoms with Gasteiger partial charge in [-0.2, -0.15) is 22.0 Å². The van der Waals surface area contributed by atoms with Crippen molar-refractivity contribution in [1.29, 1.82) is 0 Å². The highest BCUT2D eigenvalue weighted by molar-refractivity contribution is 6.32. The van der Waals surface area contributed by atoms with Crippen molar-refractivity contribution >= 4 is 40.8 Å². The van der Waals surface area contributed by atoms with E-state index in [-0.39, 0.29) is 23.7 Å². The van der Waals surface area contributed by atoms with Crippen molar-refractivity contribution in [3.05, 3.63) is 124 Å². The molecule has 1 unspecified atom stereocenters. The number of nitrogens with zero attached hydrogens (tertiary/aromatic N) is 1. The van der Waals surface area contributed by atoms with Gasteiger partial charge in [-0.3, -0.25) is 10.1 Å². The third-order valence-corrected chi connectivity index (χ3v) is 6.99. The van der Waals surface area contributed by atoms with E-state index in [1.807, 2.05) is 5.32 Å². The maximum atomic E-state index is 13.5. The predicted molar refractivity (Wildman–Crippen MR) is 179 cm³/mol.